The minimum atomic E-state index is 0.0143. The van der Waals surface area contributed by atoms with Gasteiger partial charge in [0, 0.05) is 70.8 Å². The smallest absolute Gasteiger partial charge is 0.320 e. The predicted octanol–water partition coefficient (Wildman–Crippen LogP) is 2.08. The molecule has 0 bridgehead atoms. The molecule has 0 aromatic carbocycles. The normalized spacial score (nSPS) is 26.5. The summed E-state index contributed by atoms with van der Waals surface area (Å²) in [6.07, 6.45) is 10.8. The van der Waals surface area contributed by atoms with Gasteiger partial charge in [0.25, 0.3) is 0 Å². The molecular formula is C21H33N5O2. The fourth-order valence-corrected chi connectivity index (χ4v) is 5.45. The summed E-state index contributed by atoms with van der Waals surface area (Å²) < 4.78 is 7.54. The van der Waals surface area contributed by atoms with E-state index in [1.165, 1.54) is 18.4 Å². The summed E-state index contributed by atoms with van der Waals surface area (Å²) in [5.74, 6) is 0.752. The highest BCUT2D eigenvalue weighted by Crippen LogP contribution is 2.41. The first-order valence-corrected chi connectivity index (χ1v) is 11.0. The van der Waals surface area contributed by atoms with Crippen molar-refractivity contribution >= 4 is 6.03 Å². The van der Waals surface area contributed by atoms with E-state index in [4.69, 9.17) is 4.74 Å². The molecule has 1 aromatic heterocycles. The Morgan fingerprint density at radius 3 is 2.57 bits per heavy atom. The van der Waals surface area contributed by atoms with Crippen molar-refractivity contribution in [2.75, 3.05) is 39.4 Å². The first kappa shape index (κ1) is 18.4. The van der Waals surface area contributed by atoms with Crippen molar-refractivity contribution in [1.29, 1.82) is 0 Å². The summed E-state index contributed by atoms with van der Waals surface area (Å²) >= 11 is 0. The van der Waals surface area contributed by atoms with Crippen LogP contribution in [0.4, 0.5) is 4.79 Å². The number of urea groups is 1. The lowest BCUT2D eigenvalue weighted by molar-refractivity contribution is -0.0167. The van der Waals surface area contributed by atoms with Crippen molar-refractivity contribution < 1.29 is 9.53 Å². The minimum absolute atomic E-state index is 0.0143. The van der Waals surface area contributed by atoms with Gasteiger partial charge < -0.3 is 14.5 Å². The average molecular weight is 388 g/mol. The molecule has 0 N–H and O–H groups in total. The lowest BCUT2D eigenvalue weighted by atomic mass is 9.86. The van der Waals surface area contributed by atoms with Gasteiger partial charge in [-0.3, -0.25) is 9.58 Å². The number of piperidine rings is 1. The molecule has 1 aliphatic carbocycles. The molecule has 3 aliphatic heterocycles. The molecule has 154 valence electrons. The van der Waals surface area contributed by atoms with Gasteiger partial charge in [0.05, 0.1) is 11.7 Å². The van der Waals surface area contributed by atoms with Crippen LogP contribution in [0.5, 0.6) is 0 Å². The van der Waals surface area contributed by atoms with Gasteiger partial charge in [-0.25, -0.2) is 4.79 Å². The Hall–Kier alpha value is -1.60. The van der Waals surface area contributed by atoms with Crippen LogP contribution in [0.1, 0.15) is 44.1 Å². The zero-order chi connectivity index (χ0) is 19.1. The molecule has 7 heteroatoms. The van der Waals surface area contributed by atoms with E-state index in [1.54, 1.807) is 0 Å². The van der Waals surface area contributed by atoms with Gasteiger partial charge >= 0.3 is 6.03 Å². The second-order valence-corrected chi connectivity index (χ2v) is 9.34. The minimum Gasteiger partial charge on any atom is -0.381 e. The van der Waals surface area contributed by atoms with E-state index in [0.29, 0.717) is 12.1 Å². The maximum Gasteiger partial charge on any atom is 0.320 e. The summed E-state index contributed by atoms with van der Waals surface area (Å²) in [6, 6.07) is 0.680. The number of aromatic nitrogens is 2. The second-order valence-electron chi connectivity index (χ2n) is 9.34. The number of aryl methyl sites for hydroxylation is 1. The number of amides is 2. The molecule has 0 unspecified atom stereocenters. The van der Waals surface area contributed by atoms with Crippen molar-refractivity contribution in [1.82, 2.24) is 24.5 Å². The van der Waals surface area contributed by atoms with Gasteiger partial charge in [0.2, 0.25) is 0 Å². The number of likely N-dealkylation sites (tertiary alicyclic amines) is 1. The standard InChI is InChI=1S/C21H33N5O2/c1-23-13-18(12-22-23)14-24-8-4-19(5-9-24)26-20(27)25(15-17-2-3-17)16-21(26)6-10-28-11-7-21/h12-13,17,19H,2-11,14-16H2,1H3. The quantitative estimate of drug-likeness (QED) is 0.776. The van der Waals surface area contributed by atoms with Crippen molar-refractivity contribution in [3.8, 4) is 0 Å². The van der Waals surface area contributed by atoms with E-state index in [-0.39, 0.29) is 5.54 Å². The van der Waals surface area contributed by atoms with Crippen LogP contribution in [-0.4, -0.2) is 81.5 Å². The van der Waals surface area contributed by atoms with E-state index < -0.39 is 0 Å². The molecule has 28 heavy (non-hydrogen) atoms. The molecule has 1 saturated carbocycles. The third-order valence-corrected chi connectivity index (χ3v) is 7.16. The van der Waals surface area contributed by atoms with E-state index in [1.807, 2.05) is 17.9 Å². The predicted molar refractivity (Wildman–Crippen MR) is 106 cm³/mol. The molecule has 1 aromatic rings. The van der Waals surface area contributed by atoms with Gasteiger partial charge in [-0.1, -0.05) is 0 Å². The van der Waals surface area contributed by atoms with Crippen LogP contribution in [0.3, 0.4) is 0 Å². The number of carbonyl (C=O) groups excluding carboxylic acids is 1. The Morgan fingerprint density at radius 2 is 1.93 bits per heavy atom. The van der Waals surface area contributed by atoms with Gasteiger partial charge in [-0.15, -0.1) is 0 Å². The largest absolute Gasteiger partial charge is 0.381 e. The van der Waals surface area contributed by atoms with Crippen LogP contribution in [-0.2, 0) is 18.3 Å². The molecule has 1 spiro atoms. The lowest BCUT2D eigenvalue weighted by Gasteiger charge is -2.46. The van der Waals surface area contributed by atoms with Crippen LogP contribution in [0, 0.1) is 5.92 Å². The van der Waals surface area contributed by atoms with Crippen LogP contribution in [0.2, 0.25) is 0 Å². The summed E-state index contributed by atoms with van der Waals surface area (Å²) in [5, 5.41) is 4.28. The first-order valence-electron chi connectivity index (χ1n) is 11.0. The number of ether oxygens (including phenoxy) is 1. The Kier molecular flexibility index (Phi) is 4.83. The third-order valence-electron chi connectivity index (χ3n) is 7.16. The summed E-state index contributed by atoms with van der Waals surface area (Å²) in [6.45, 7) is 6.54. The topological polar surface area (TPSA) is 53.8 Å². The van der Waals surface area contributed by atoms with Crippen LogP contribution in [0.15, 0.2) is 12.4 Å². The SMILES string of the molecule is Cn1cc(CN2CCC(N3C(=O)N(CC4CC4)CC34CCOCC4)CC2)cn1. The van der Waals surface area contributed by atoms with E-state index in [0.717, 1.165) is 77.5 Å². The van der Waals surface area contributed by atoms with Gasteiger partial charge in [0.15, 0.2) is 0 Å². The highest BCUT2D eigenvalue weighted by Gasteiger charge is 2.53. The van der Waals surface area contributed by atoms with Crippen LogP contribution < -0.4 is 0 Å². The number of hydrogen-bond acceptors (Lipinski definition) is 4. The number of rotatable bonds is 5. The molecular weight excluding hydrogens is 354 g/mol. The molecule has 2 amide bonds. The van der Waals surface area contributed by atoms with E-state index in [2.05, 4.69) is 26.0 Å². The highest BCUT2D eigenvalue weighted by molar-refractivity contribution is 5.78. The lowest BCUT2D eigenvalue weighted by Crippen LogP contribution is -2.57. The third kappa shape index (κ3) is 3.54. The highest BCUT2D eigenvalue weighted by atomic mass is 16.5. The Balaban J connectivity index is 1.26. The van der Waals surface area contributed by atoms with Gasteiger partial charge in [-0.05, 0) is 44.4 Å². The Morgan fingerprint density at radius 1 is 1.18 bits per heavy atom. The number of hydrogen-bond donors (Lipinski definition) is 0. The fraction of sp³-hybridized carbons (Fsp3) is 0.810. The zero-order valence-electron chi connectivity index (χ0n) is 17.1. The average Bonchev–Trinajstić information content (AvgIpc) is 3.36. The molecule has 4 aliphatic rings. The van der Waals surface area contributed by atoms with Crippen molar-refractivity contribution in [3.05, 3.63) is 18.0 Å². The van der Waals surface area contributed by atoms with E-state index >= 15 is 0 Å². The second kappa shape index (κ2) is 7.34. The van der Waals surface area contributed by atoms with Gasteiger partial charge in [-0.2, -0.15) is 5.10 Å². The summed E-state index contributed by atoms with van der Waals surface area (Å²) in [4.78, 5) is 20.4. The van der Waals surface area contributed by atoms with E-state index in [9.17, 15) is 4.79 Å². The molecule has 4 fully saturated rings. The Labute approximate surface area is 167 Å². The Bertz CT molecular complexity index is 701. The molecule has 4 heterocycles. The molecule has 0 atom stereocenters. The summed E-state index contributed by atoms with van der Waals surface area (Å²) in [5.41, 5.74) is 1.29. The van der Waals surface area contributed by atoms with Crippen molar-refractivity contribution in [2.24, 2.45) is 13.0 Å². The van der Waals surface area contributed by atoms with Gasteiger partial charge in [0.1, 0.15) is 0 Å². The molecule has 0 radical (unpaired) electrons. The monoisotopic (exact) mass is 387 g/mol. The number of carbonyl (C=O) groups is 1. The number of nitrogens with zero attached hydrogens (tertiary/aromatic N) is 5. The zero-order valence-corrected chi connectivity index (χ0v) is 17.1. The maximum atomic E-state index is 13.4. The van der Waals surface area contributed by atoms with Crippen LogP contribution in [0.25, 0.3) is 0 Å². The van der Waals surface area contributed by atoms with Crippen molar-refractivity contribution in [2.45, 2.75) is 56.7 Å². The van der Waals surface area contributed by atoms with Crippen LogP contribution >= 0.6 is 0 Å². The molecule has 5 rings (SSSR count). The maximum absolute atomic E-state index is 13.4. The molecule has 7 nitrogen and oxygen atoms in total. The first-order chi connectivity index (χ1) is 13.6. The molecule has 3 saturated heterocycles. The summed E-state index contributed by atoms with van der Waals surface area (Å²) in [7, 11) is 1.97. The van der Waals surface area contributed by atoms with Crippen molar-refractivity contribution in [3.63, 3.8) is 0 Å². The fourth-order valence-electron chi connectivity index (χ4n) is 5.45.